The van der Waals surface area contributed by atoms with E-state index in [4.69, 9.17) is 0 Å². The average molecular weight is 259 g/mol. The molecule has 0 amide bonds. The lowest BCUT2D eigenvalue weighted by Crippen LogP contribution is -2.28. The standard InChI is InChI=1S/C18H29N/c1-3-4-5-6-8-11-15(2)19-18-14-17(18)16-12-9-7-10-13-16/h7,9-10,12-13,15,17-19H,3-6,8,11,14H2,1-2H3. The second kappa shape index (κ2) is 7.69. The van der Waals surface area contributed by atoms with E-state index in [1.54, 1.807) is 0 Å². The van der Waals surface area contributed by atoms with Gasteiger partial charge in [0.25, 0.3) is 0 Å². The number of unbranched alkanes of at least 4 members (excludes halogenated alkanes) is 4. The zero-order valence-electron chi connectivity index (χ0n) is 12.6. The fraction of sp³-hybridized carbons (Fsp3) is 0.667. The Balaban J connectivity index is 1.59. The quantitative estimate of drug-likeness (QED) is 0.623. The van der Waals surface area contributed by atoms with Crippen LogP contribution < -0.4 is 5.32 Å². The van der Waals surface area contributed by atoms with E-state index in [0.717, 1.165) is 12.0 Å². The Hall–Kier alpha value is -0.820. The molecule has 1 aliphatic rings. The van der Waals surface area contributed by atoms with E-state index in [0.29, 0.717) is 6.04 Å². The molecule has 0 radical (unpaired) electrons. The molecule has 2 rings (SSSR count). The van der Waals surface area contributed by atoms with Crippen molar-refractivity contribution in [1.29, 1.82) is 0 Å². The Labute approximate surface area is 118 Å². The van der Waals surface area contributed by atoms with Crippen LogP contribution in [0.1, 0.15) is 70.3 Å². The van der Waals surface area contributed by atoms with Crippen molar-refractivity contribution < 1.29 is 0 Å². The average Bonchev–Trinajstić information content (AvgIpc) is 3.19. The normalized spacial score (nSPS) is 23.3. The van der Waals surface area contributed by atoms with Gasteiger partial charge in [-0.25, -0.2) is 0 Å². The number of hydrogen-bond acceptors (Lipinski definition) is 1. The summed E-state index contributed by atoms with van der Waals surface area (Å²) in [6.45, 7) is 4.63. The lowest BCUT2D eigenvalue weighted by atomic mass is 10.1. The maximum Gasteiger partial charge on any atom is 0.0145 e. The second-order valence-corrected chi connectivity index (χ2v) is 6.13. The van der Waals surface area contributed by atoms with Gasteiger partial charge in [0.05, 0.1) is 0 Å². The molecule has 0 aromatic heterocycles. The molecular weight excluding hydrogens is 230 g/mol. The van der Waals surface area contributed by atoms with Crippen LogP contribution in [0.3, 0.4) is 0 Å². The third-order valence-electron chi connectivity index (χ3n) is 4.26. The van der Waals surface area contributed by atoms with Crippen LogP contribution in [0, 0.1) is 0 Å². The fourth-order valence-corrected chi connectivity index (χ4v) is 2.95. The van der Waals surface area contributed by atoms with Gasteiger partial charge in [-0.05, 0) is 25.3 Å². The summed E-state index contributed by atoms with van der Waals surface area (Å²) in [5.41, 5.74) is 1.51. The molecule has 1 fully saturated rings. The van der Waals surface area contributed by atoms with Crippen molar-refractivity contribution in [1.82, 2.24) is 5.32 Å². The first-order valence-corrected chi connectivity index (χ1v) is 8.12. The molecule has 1 saturated carbocycles. The Kier molecular flexibility index (Phi) is 5.91. The molecule has 0 saturated heterocycles. The van der Waals surface area contributed by atoms with E-state index in [9.17, 15) is 0 Å². The van der Waals surface area contributed by atoms with Crippen LogP contribution in [-0.4, -0.2) is 12.1 Å². The third-order valence-corrected chi connectivity index (χ3v) is 4.26. The number of benzene rings is 1. The van der Waals surface area contributed by atoms with Gasteiger partial charge in [0.2, 0.25) is 0 Å². The van der Waals surface area contributed by atoms with E-state index < -0.39 is 0 Å². The lowest BCUT2D eigenvalue weighted by molar-refractivity contribution is 0.474. The number of nitrogens with one attached hydrogen (secondary N) is 1. The molecule has 106 valence electrons. The van der Waals surface area contributed by atoms with E-state index in [2.05, 4.69) is 49.5 Å². The molecule has 19 heavy (non-hydrogen) atoms. The molecule has 0 spiro atoms. The molecule has 1 aromatic carbocycles. The Morgan fingerprint density at radius 3 is 2.58 bits per heavy atom. The Morgan fingerprint density at radius 2 is 1.84 bits per heavy atom. The Bertz CT molecular complexity index is 346. The summed E-state index contributed by atoms with van der Waals surface area (Å²) in [6.07, 6.45) is 9.61. The van der Waals surface area contributed by atoms with Crippen molar-refractivity contribution >= 4 is 0 Å². The smallest absolute Gasteiger partial charge is 0.0145 e. The summed E-state index contributed by atoms with van der Waals surface area (Å²) in [5, 5.41) is 3.79. The molecule has 0 bridgehead atoms. The summed E-state index contributed by atoms with van der Waals surface area (Å²) >= 11 is 0. The topological polar surface area (TPSA) is 12.0 Å². The van der Waals surface area contributed by atoms with Crippen LogP contribution in [0.25, 0.3) is 0 Å². The third kappa shape index (κ3) is 4.99. The van der Waals surface area contributed by atoms with Crippen molar-refractivity contribution in [3.63, 3.8) is 0 Å². The van der Waals surface area contributed by atoms with Crippen LogP contribution in [0.4, 0.5) is 0 Å². The van der Waals surface area contributed by atoms with Gasteiger partial charge in [0, 0.05) is 18.0 Å². The molecule has 3 unspecified atom stereocenters. The van der Waals surface area contributed by atoms with Crippen LogP contribution in [0.2, 0.25) is 0 Å². The highest BCUT2D eigenvalue weighted by Gasteiger charge is 2.38. The van der Waals surface area contributed by atoms with Gasteiger partial charge in [-0.3, -0.25) is 0 Å². The maximum absolute atomic E-state index is 3.79. The van der Waals surface area contributed by atoms with E-state index in [1.807, 2.05) is 0 Å². The highest BCUT2D eigenvalue weighted by Crippen LogP contribution is 2.40. The van der Waals surface area contributed by atoms with Crippen LogP contribution in [0.5, 0.6) is 0 Å². The first-order chi connectivity index (χ1) is 9.31. The minimum atomic E-state index is 0.681. The van der Waals surface area contributed by atoms with Crippen molar-refractivity contribution in [3.8, 4) is 0 Å². The predicted octanol–water partition coefficient (Wildman–Crippen LogP) is 4.88. The van der Waals surface area contributed by atoms with Crippen molar-refractivity contribution in [3.05, 3.63) is 35.9 Å². The molecule has 1 aromatic rings. The van der Waals surface area contributed by atoms with Gasteiger partial charge in [0.15, 0.2) is 0 Å². The zero-order valence-corrected chi connectivity index (χ0v) is 12.6. The first-order valence-electron chi connectivity index (χ1n) is 8.12. The molecular formula is C18H29N. The summed E-state index contributed by atoms with van der Waals surface area (Å²) in [7, 11) is 0. The lowest BCUT2D eigenvalue weighted by Gasteiger charge is -2.13. The minimum Gasteiger partial charge on any atom is -0.311 e. The van der Waals surface area contributed by atoms with Gasteiger partial charge in [-0.1, -0.05) is 69.4 Å². The Morgan fingerprint density at radius 1 is 1.11 bits per heavy atom. The fourth-order valence-electron chi connectivity index (χ4n) is 2.95. The number of hydrogen-bond donors (Lipinski definition) is 1. The van der Waals surface area contributed by atoms with Crippen molar-refractivity contribution in [2.45, 2.75) is 76.8 Å². The zero-order chi connectivity index (χ0) is 13.5. The van der Waals surface area contributed by atoms with Gasteiger partial charge < -0.3 is 5.32 Å². The number of rotatable bonds is 9. The first kappa shape index (κ1) is 14.6. The summed E-state index contributed by atoms with van der Waals surface area (Å²) in [5.74, 6) is 0.767. The van der Waals surface area contributed by atoms with Crippen LogP contribution in [0.15, 0.2) is 30.3 Å². The van der Waals surface area contributed by atoms with Gasteiger partial charge >= 0.3 is 0 Å². The molecule has 1 heteroatoms. The molecule has 0 aliphatic heterocycles. The van der Waals surface area contributed by atoms with Gasteiger partial charge in [-0.15, -0.1) is 0 Å². The second-order valence-electron chi connectivity index (χ2n) is 6.13. The monoisotopic (exact) mass is 259 g/mol. The predicted molar refractivity (Wildman–Crippen MR) is 83.6 cm³/mol. The molecule has 3 atom stereocenters. The van der Waals surface area contributed by atoms with E-state index in [-0.39, 0.29) is 0 Å². The largest absolute Gasteiger partial charge is 0.311 e. The van der Waals surface area contributed by atoms with Crippen molar-refractivity contribution in [2.24, 2.45) is 0 Å². The van der Waals surface area contributed by atoms with E-state index in [1.165, 1.54) is 50.5 Å². The summed E-state index contributed by atoms with van der Waals surface area (Å²) < 4.78 is 0. The van der Waals surface area contributed by atoms with Gasteiger partial charge in [-0.2, -0.15) is 0 Å². The SMILES string of the molecule is CCCCCCCC(C)NC1CC1c1ccccc1. The molecule has 1 aliphatic carbocycles. The summed E-state index contributed by atoms with van der Waals surface area (Å²) in [6, 6.07) is 12.4. The minimum absolute atomic E-state index is 0.681. The van der Waals surface area contributed by atoms with Crippen molar-refractivity contribution in [2.75, 3.05) is 0 Å². The van der Waals surface area contributed by atoms with E-state index >= 15 is 0 Å². The highest BCUT2D eigenvalue weighted by atomic mass is 15.0. The van der Waals surface area contributed by atoms with Crippen LogP contribution in [-0.2, 0) is 0 Å². The maximum atomic E-state index is 3.79. The molecule has 1 N–H and O–H groups in total. The van der Waals surface area contributed by atoms with Gasteiger partial charge in [0.1, 0.15) is 0 Å². The highest BCUT2D eigenvalue weighted by molar-refractivity contribution is 5.27. The summed E-state index contributed by atoms with van der Waals surface area (Å²) in [4.78, 5) is 0. The molecule has 0 heterocycles. The van der Waals surface area contributed by atoms with Crippen LogP contribution >= 0.6 is 0 Å². The molecule has 1 nitrogen and oxygen atoms in total.